The summed E-state index contributed by atoms with van der Waals surface area (Å²) in [6.07, 6.45) is -1.14. The van der Waals surface area contributed by atoms with Gasteiger partial charge >= 0.3 is 5.97 Å². The normalized spacial score (nSPS) is 11.7. The lowest BCUT2D eigenvalue weighted by Gasteiger charge is -2.14. The molecule has 0 aromatic heterocycles. The monoisotopic (exact) mass is 300 g/mol. The molecule has 0 radical (unpaired) electrons. The zero-order valence-electron chi connectivity index (χ0n) is 11.0. The summed E-state index contributed by atoms with van der Waals surface area (Å²) in [5, 5.41) is 21.7. The number of nitro benzene ring substituents is 1. The van der Waals surface area contributed by atoms with E-state index in [-0.39, 0.29) is 13.0 Å². The van der Waals surface area contributed by atoms with E-state index in [0.29, 0.717) is 0 Å². The summed E-state index contributed by atoms with van der Waals surface area (Å²) in [5.41, 5.74) is -0.980. The number of halogens is 1. The molecule has 1 rings (SSSR count). The molecule has 21 heavy (non-hydrogen) atoms. The highest BCUT2D eigenvalue weighted by Gasteiger charge is 2.22. The van der Waals surface area contributed by atoms with Crippen LogP contribution in [0.3, 0.4) is 0 Å². The van der Waals surface area contributed by atoms with E-state index in [4.69, 9.17) is 9.84 Å². The molecule has 0 aliphatic heterocycles. The second-order valence-corrected chi connectivity index (χ2v) is 4.08. The average Bonchev–Trinajstić information content (AvgIpc) is 2.42. The summed E-state index contributed by atoms with van der Waals surface area (Å²) in [4.78, 5) is 32.4. The molecule has 9 heteroatoms. The molecule has 0 saturated carbocycles. The molecule has 114 valence electrons. The Morgan fingerprint density at radius 3 is 2.71 bits per heavy atom. The Kier molecular flexibility index (Phi) is 5.73. The van der Waals surface area contributed by atoms with Crippen LogP contribution in [0.15, 0.2) is 18.2 Å². The minimum absolute atomic E-state index is 0.171. The van der Waals surface area contributed by atoms with E-state index < -0.39 is 40.0 Å². The molecule has 0 saturated heterocycles. The molecule has 1 amide bonds. The number of hydrogen-bond donors (Lipinski definition) is 2. The molecule has 1 aromatic carbocycles. The first-order valence-electron chi connectivity index (χ1n) is 5.82. The van der Waals surface area contributed by atoms with E-state index in [2.05, 4.69) is 5.32 Å². The third kappa shape index (κ3) is 4.80. The second kappa shape index (κ2) is 7.29. The molecule has 8 nitrogen and oxygen atoms in total. The standard InChI is InChI=1S/C12H13FN2O6/c1-21-8(5-11(16)17)6-14-12(18)9-4-7(13)2-3-10(9)15(19)20/h2-4,8H,5-6H2,1H3,(H,14,18)(H,16,17). The Morgan fingerprint density at radius 2 is 2.19 bits per heavy atom. The lowest BCUT2D eigenvalue weighted by atomic mass is 10.1. The number of methoxy groups -OCH3 is 1. The topological polar surface area (TPSA) is 119 Å². The smallest absolute Gasteiger partial charge is 0.306 e. The number of nitrogens with zero attached hydrogens (tertiary/aromatic N) is 1. The number of carbonyl (C=O) groups excluding carboxylic acids is 1. The van der Waals surface area contributed by atoms with Crippen molar-refractivity contribution in [3.05, 3.63) is 39.7 Å². The van der Waals surface area contributed by atoms with Crippen molar-refractivity contribution in [2.75, 3.05) is 13.7 Å². The number of amides is 1. The summed E-state index contributed by atoms with van der Waals surface area (Å²) in [6, 6.07) is 2.50. The van der Waals surface area contributed by atoms with Crippen molar-refractivity contribution in [2.24, 2.45) is 0 Å². The zero-order chi connectivity index (χ0) is 16.0. The highest BCUT2D eigenvalue weighted by molar-refractivity contribution is 5.98. The molecule has 0 heterocycles. The lowest BCUT2D eigenvalue weighted by Crippen LogP contribution is -2.34. The van der Waals surface area contributed by atoms with Crippen LogP contribution in [0.25, 0.3) is 0 Å². The third-order valence-electron chi connectivity index (χ3n) is 2.63. The number of hydrogen-bond acceptors (Lipinski definition) is 5. The Bertz CT molecular complexity index is 563. The van der Waals surface area contributed by atoms with Gasteiger partial charge in [0.05, 0.1) is 17.4 Å². The van der Waals surface area contributed by atoms with Crippen LogP contribution in [0, 0.1) is 15.9 Å². The van der Waals surface area contributed by atoms with E-state index in [9.17, 15) is 24.1 Å². The van der Waals surface area contributed by atoms with Crippen molar-refractivity contribution in [1.82, 2.24) is 5.32 Å². The maximum absolute atomic E-state index is 13.1. The minimum atomic E-state index is -1.12. The number of carbonyl (C=O) groups is 2. The van der Waals surface area contributed by atoms with E-state index in [1.165, 1.54) is 7.11 Å². The van der Waals surface area contributed by atoms with E-state index in [0.717, 1.165) is 18.2 Å². The second-order valence-electron chi connectivity index (χ2n) is 4.08. The van der Waals surface area contributed by atoms with Crippen molar-refractivity contribution in [3.63, 3.8) is 0 Å². The molecule has 1 atom stereocenters. The molecule has 2 N–H and O–H groups in total. The molecule has 0 aliphatic carbocycles. The van der Waals surface area contributed by atoms with Gasteiger partial charge in [0.1, 0.15) is 11.4 Å². The molecule has 0 spiro atoms. The summed E-state index contributed by atoms with van der Waals surface area (Å²) < 4.78 is 17.9. The zero-order valence-corrected chi connectivity index (χ0v) is 11.0. The molecule has 1 unspecified atom stereocenters. The quantitative estimate of drug-likeness (QED) is 0.571. The van der Waals surface area contributed by atoms with Crippen molar-refractivity contribution in [3.8, 4) is 0 Å². The van der Waals surface area contributed by atoms with E-state index >= 15 is 0 Å². The van der Waals surface area contributed by atoms with Gasteiger partial charge in [-0.05, 0) is 12.1 Å². The fourth-order valence-corrected chi connectivity index (χ4v) is 1.58. The van der Waals surface area contributed by atoms with Crippen LogP contribution in [0.5, 0.6) is 0 Å². The van der Waals surface area contributed by atoms with Gasteiger partial charge in [-0.25, -0.2) is 4.39 Å². The summed E-state index contributed by atoms with van der Waals surface area (Å²) in [5.74, 6) is -2.79. The van der Waals surface area contributed by atoms with Gasteiger partial charge < -0.3 is 15.2 Å². The first kappa shape index (κ1) is 16.5. The van der Waals surface area contributed by atoms with Crippen molar-refractivity contribution >= 4 is 17.6 Å². The predicted octanol–water partition coefficient (Wildman–Crippen LogP) is 0.953. The van der Waals surface area contributed by atoms with Gasteiger partial charge in [-0.15, -0.1) is 0 Å². The summed E-state index contributed by atoms with van der Waals surface area (Å²) in [6.45, 7) is -0.171. The fourth-order valence-electron chi connectivity index (χ4n) is 1.58. The largest absolute Gasteiger partial charge is 0.481 e. The van der Waals surface area contributed by atoms with Crippen LogP contribution in [0.1, 0.15) is 16.8 Å². The number of benzene rings is 1. The number of carboxylic acid groups (broad SMARTS) is 1. The van der Waals surface area contributed by atoms with Crippen LogP contribution in [0.2, 0.25) is 0 Å². The van der Waals surface area contributed by atoms with Crippen molar-refractivity contribution < 1.29 is 28.7 Å². The molecule has 1 aromatic rings. The predicted molar refractivity (Wildman–Crippen MR) is 68.4 cm³/mol. The van der Waals surface area contributed by atoms with Crippen molar-refractivity contribution in [2.45, 2.75) is 12.5 Å². The van der Waals surface area contributed by atoms with E-state index in [1.54, 1.807) is 0 Å². The molecular weight excluding hydrogens is 287 g/mol. The molecular formula is C12H13FN2O6. The van der Waals surface area contributed by atoms with E-state index in [1.807, 2.05) is 0 Å². The van der Waals surface area contributed by atoms with Gasteiger partial charge in [-0.1, -0.05) is 0 Å². The number of aliphatic carboxylic acids is 1. The highest BCUT2D eigenvalue weighted by atomic mass is 19.1. The van der Waals surface area contributed by atoms with Gasteiger partial charge in [0.2, 0.25) is 0 Å². The molecule has 0 aliphatic rings. The van der Waals surface area contributed by atoms with Crippen LogP contribution < -0.4 is 5.32 Å². The Hall–Kier alpha value is -2.55. The number of nitrogens with one attached hydrogen (secondary N) is 1. The Balaban J connectivity index is 2.82. The number of ether oxygens (including phenoxy) is 1. The highest BCUT2D eigenvalue weighted by Crippen LogP contribution is 2.19. The van der Waals surface area contributed by atoms with Crippen LogP contribution >= 0.6 is 0 Å². The van der Waals surface area contributed by atoms with Crippen LogP contribution in [-0.2, 0) is 9.53 Å². The Labute approximate surface area is 118 Å². The molecule has 0 bridgehead atoms. The first-order chi connectivity index (χ1) is 9.85. The minimum Gasteiger partial charge on any atom is -0.481 e. The van der Waals surface area contributed by atoms with Gasteiger partial charge in [0.15, 0.2) is 0 Å². The maximum Gasteiger partial charge on any atom is 0.306 e. The fraction of sp³-hybridized carbons (Fsp3) is 0.333. The lowest BCUT2D eigenvalue weighted by molar-refractivity contribution is -0.385. The van der Waals surface area contributed by atoms with Crippen LogP contribution in [-0.4, -0.2) is 41.7 Å². The maximum atomic E-state index is 13.1. The van der Waals surface area contributed by atoms with Gasteiger partial charge in [-0.2, -0.15) is 0 Å². The summed E-state index contributed by atoms with van der Waals surface area (Å²) >= 11 is 0. The van der Waals surface area contributed by atoms with Gasteiger partial charge in [0.25, 0.3) is 11.6 Å². The number of rotatable bonds is 7. The molecule has 0 fully saturated rings. The first-order valence-corrected chi connectivity index (χ1v) is 5.82. The SMILES string of the molecule is COC(CNC(=O)c1cc(F)ccc1[N+](=O)[O-])CC(=O)O. The Morgan fingerprint density at radius 1 is 1.52 bits per heavy atom. The van der Waals surface area contributed by atoms with Gasteiger partial charge in [-0.3, -0.25) is 19.7 Å². The number of nitro groups is 1. The van der Waals surface area contributed by atoms with Crippen molar-refractivity contribution in [1.29, 1.82) is 0 Å². The average molecular weight is 300 g/mol. The third-order valence-corrected chi connectivity index (χ3v) is 2.63. The van der Waals surface area contributed by atoms with Gasteiger partial charge in [0, 0.05) is 19.7 Å². The van der Waals surface area contributed by atoms with Crippen LogP contribution in [0.4, 0.5) is 10.1 Å². The summed E-state index contributed by atoms with van der Waals surface area (Å²) in [7, 11) is 1.27. The number of carboxylic acids is 1.